The first kappa shape index (κ1) is 20.3. The smallest absolute Gasteiger partial charge is 0.296 e. The molecule has 0 aliphatic rings. The number of nitro benzene ring substituents is 1. The predicted molar refractivity (Wildman–Crippen MR) is 108 cm³/mol. The molecule has 0 unspecified atom stereocenters. The lowest BCUT2D eigenvalue weighted by Crippen LogP contribution is -2.15. The maximum atomic E-state index is 12.2. The SMILES string of the molecule is COc1ccc(NC(=O)CSc2nnc(-c3ccc(C)c(C)c3)o2)c([N+](=O)[O-])c1. The number of benzene rings is 2. The van der Waals surface area contributed by atoms with Crippen molar-refractivity contribution in [3.63, 3.8) is 0 Å². The Kier molecular flexibility index (Phi) is 6.13. The highest BCUT2D eigenvalue weighted by Crippen LogP contribution is 2.29. The Hall–Kier alpha value is -3.40. The van der Waals surface area contributed by atoms with Crippen molar-refractivity contribution in [1.29, 1.82) is 0 Å². The molecule has 0 atom stereocenters. The van der Waals surface area contributed by atoms with Crippen LogP contribution >= 0.6 is 11.8 Å². The molecule has 0 fully saturated rings. The first-order valence-electron chi connectivity index (χ1n) is 8.53. The summed E-state index contributed by atoms with van der Waals surface area (Å²) < 4.78 is 10.6. The van der Waals surface area contributed by atoms with Crippen LogP contribution in [0.15, 0.2) is 46.0 Å². The molecule has 1 heterocycles. The van der Waals surface area contributed by atoms with Gasteiger partial charge in [-0.2, -0.15) is 0 Å². The number of anilines is 1. The Morgan fingerprint density at radius 2 is 2.00 bits per heavy atom. The maximum Gasteiger partial charge on any atom is 0.296 e. The minimum Gasteiger partial charge on any atom is -0.496 e. The van der Waals surface area contributed by atoms with Gasteiger partial charge in [0.1, 0.15) is 11.4 Å². The van der Waals surface area contributed by atoms with Gasteiger partial charge in [-0.1, -0.05) is 17.8 Å². The van der Waals surface area contributed by atoms with Crippen LogP contribution in [-0.2, 0) is 4.79 Å². The van der Waals surface area contributed by atoms with Crippen LogP contribution in [0.3, 0.4) is 0 Å². The second-order valence-electron chi connectivity index (χ2n) is 6.15. The summed E-state index contributed by atoms with van der Waals surface area (Å²) in [7, 11) is 1.41. The first-order chi connectivity index (χ1) is 13.9. The Morgan fingerprint density at radius 1 is 1.21 bits per heavy atom. The molecular weight excluding hydrogens is 396 g/mol. The van der Waals surface area contributed by atoms with Crippen molar-refractivity contribution in [3.8, 4) is 17.2 Å². The van der Waals surface area contributed by atoms with E-state index in [1.165, 1.54) is 25.3 Å². The second kappa shape index (κ2) is 8.74. The number of nitrogens with one attached hydrogen (secondary N) is 1. The molecule has 1 amide bonds. The molecule has 9 nitrogen and oxygen atoms in total. The van der Waals surface area contributed by atoms with E-state index in [4.69, 9.17) is 9.15 Å². The summed E-state index contributed by atoms with van der Waals surface area (Å²) in [6.45, 7) is 4.01. The minimum absolute atomic E-state index is 0.0439. The molecule has 150 valence electrons. The zero-order valence-corrected chi connectivity index (χ0v) is 16.8. The largest absolute Gasteiger partial charge is 0.496 e. The number of amides is 1. The van der Waals surface area contributed by atoms with Crippen LogP contribution in [0.1, 0.15) is 11.1 Å². The summed E-state index contributed by atoms with van der Waals surface area (Å²) in [4.78, 5) is 22.8. The summed E-state index contributed by atoms with van der Waals surface area (Å²) in [5, 5.41) is 21.9. The van der Waals surface area contributed by atoms with E-state index < -0.39 is 10.8 Å². The van der Waals surface area contributed by atoms with Gasteiger partial charge in [-0.15, -0.1) is 10.2 Å². The molecule has 10 heteroatoms. The molecule has 0 bridgehead atoms. The Balaban J connectivity index is 1.64. The van der Waals surface area contributed by atoms with Crippen LogP contribution in [-0.4, -0.2) is 33.9 Å². The highest BCUT2D eigenvalue weighted by atomic mass is 32.2. The number of carbonyl (C=O) groups excluding carboxylic acids is 1. The molecular formula is C19H18N4O5S. The lowest BCUT2D eigenvalue weighted by Gasteiger charge is -2.06. The number of ether oxygens (including phenoxy) is 1. The van der Waals surface area contributed by atoms with E-state index >= 15 is 0 Å². The molecule has 0 aliphatic heterocycles. The molecule has 0 saturated carbocycles. The van der Waals surface area contributed by atoms with E-state index in [1.54, 1.807) is 0 Å². The number of rotatable bonds is 7. The van der Waals surface area contributed by atoms with Gasteiger partial charge in [-0.3, -0.25) is 14.9 Å². The number of thioether (sulfide) groups is 1. The van der Waals surface area contributed by atoms with E-state index in [9.17, 15) is 14.9 Å². The van der Waals surface area contributed by atoms with Gasteiger partial charge >= 0.3 is 0 Å². The third kappa shape index (κ3) is 4.91. The van der Waals surface area contributed by atoms with Crippen LogP contribution < -0.4 is 10.1 Å². The summed E-state index contributed by atoms with van der Waals surface area (Å²) in [6, 6.07) is 10.0. The topological polar surface area (TPSA) is 120 Å². The minimum atomic E-state index is -0.584. The Bertz CT molecular complexity index is 1070. The fraction of sp³-hybridized carbons (Fsp3) is 0.211. The van der Waals surface area contributed by atoms with Gasteiger partial charge in [-0.25, -0.2) is 0 Å². The van der Waals surface area contributed by atoms with E-state index in [0.717, 1.165) is 28.5 Å². The lowest BCUT2D eigenvalue weighted by molar-refractivity contribution is -0.384. The van der Waals surface area contributed by atoms with Gasteiger partial charge in [0.15, 0.2) is 0 Å². The van der Waals surface area contributed by atoms with Crippen molar-refractivity contribution in [2.75, 3.05) is 18.2 Å². The van der Waals surface area contributed by atoms with Crippen molar-refractivity contribution in [2.24, 2.45) is 0 Å². The van der Waals surface area contributed by atoms with Crippen molar-refractivity contribution in [1.82, 2.24) is 10.2 Å². The van der Waals surface area contributed by atoms with Crippen molar-refractivity contribution < 1.29 is 18.9 Å². The molecule has 0 spiro atoms. The van der Waals surface area contributed by atoms with Crippen LogP contribution in [0.5, 0.6) is 5.75 Å². The van der Waals surface area contributed by atoms with Crippen LogP contribution in [0.4, 0.5) is 11.4 Å². The van der Waals surface area contributed by atoms with Gasteiger partial charge in [0.2, 0.25) is 11.8 Å². The van der Waals surface area contributed by atoms with Crippen LogP contribution in [0.2, 0.25) is 0 Å². The van der Waals surface area contributed by atoms with Gasteiger partial charge < -0.3 is 14.5 Å². The van der Waals surface area contributed by atoms with E-state index in [-0.39, 0.29) is 22.4 Å². The Morgan fingerprint density at radius 3 is 2.69 bits per heavy atom. The van der Waals surface area contributed by atoms with Crippen molar-refractivity contribution >= 4 is 29.0 Å². The summed E-state index contributed by atoms with van der Waals surface area (Å²) in [5.74, 6) is 0.211. The quantitative estimate of drug-likeness (QED) is 0.350. The molecule has 0 aliphatic carbocycles. The van der Waals surface area contributed by atoms with Gasteiger partial charge in [0.05, 0.1) is 23.9 Å². The van der Waals surface area contributed by atoms with E-state index in [2.05, 4.69) is 15.5 Å². The van der Waals surface area contributed by atoms with E-state index in [1.807, 2.05) is 32.0 Å². The number of nitrogens with zero attached hydrogens (tertiary/aromatic N) is 3. The molecule has 3 rings (SSSR count). The predicted octanol–water partition coefficient (Wildman–Crippen LogP) is 4.00. The highest BCUT2D eigenvalue weighted by molar-refractivity contribution is 7.99. The average molecular weight is 414 g/mol. The Labute approximate surface area is 170 Å². The zero-order chi connectivity index (χ0) is 21.0. The zero-order valence-electron chi connectivity index (χ0n) is 16.0. The third-order valence-electron chi connectivity index (χ3n) is 4.16. The number of hydrogen-bond acceptors (Lipinski definition) is 8. The average Bonchev–Trinajstić information content (AvgIpc) is 3.17. The van der Waals surface area contributed by atoms with Crippen molar-refractivity contribution in [2.45, 2.75) is 19.1 Å². The number of aryl methyl sites for hydroxylation is 2. The first-order valence-corrected chi connectivity index (χ1v) is 9.52. The lowest BCUT2D eigenvalue weighted by atomic mass is 10.1. The van der Waals surface area contributed by atoms with Gasteiger partial charge in [0.25, 0.3) is 10.9 Å². The second-order valence-corrected chi connectivity index (χ2v) is 7.08. The molecule has 0 saturated heterocycles. The molecule has 2 aromatic carbocycles. The molecule has 1 N–H and O–H groups in total. The summed E-state index contributed by atoms with van der Waals surface area (Å²) in [5.41, 5.74) is 2.90. The highest BCUT2D eigenvalue weighted by Gasteiger charge is 2.18. The van der Waals surface area contributed by atoms with Crippen LogP contribution in [0, 0.1) is 24.0 Å². The summed E-state index contributed by atoms with van der Waals surface area (Å²) in [6.07, 6.45) is 0. The number of hydrogen-bond donors (Lipinski definition) is 1. The molecule has 1 aromatic heterocycles. The van der Waals surface area contributed by atoms with E-state index in [0.29, 0.717) is 11.6 Å². The van der Waals surface area contributed by atoms with Crippen LogP contribution in [0.25, 0.3) is 11.5 Å². The number of methoxy groups -OCH3 is 1. The monoisotopic (exact) mass is 414 g/mol. The fourth-order valence-corrected chi connectivity index (χ4v) is 3.03. The molecule has 3 aromatic rings. The standard InChI is InChI=1S/C19H18N4O5S/c1-11-4-5-13(8-12(11)2)18-21-22-19(28-18)29-10-17(24)20-15-7-6-14(27-3)9-16(15)23(25)26/h4-9H,10H2,1-3H3,(H,20,24). The normalized spacial score (nSPS) is 10.6. The van der Waals surface area contributed by atoms with Crippen molar-refractivity contribution in [3.05, 3.63) is 57.6 Å². The summed E-state index contributed by atoms with van der Waals surface area (Å²) >= 11 is 1.05. The number of nitro groups is 1. The maximum absolute atomic E-state index is 12.2. The van der Waals surface area contributed by atoms with Gasteiger partial charge in [-0.05, 0) is 49.2 Å². The molecule has 0 radical (unpaired) electrons. The fourth-order valence-electron chi connectivity index (χ4n) is 2.47. The van der Waals surface area contributed by atoms with Gasteiger partial charge in [0, 0.05) is 5.56 Å². The number of carbonyl (C=O) groups is 1. The molecule has 29 heavy (non-hydrogen) atoms. The number of aromatic nitrogens is 2. The third-order valence-corrected chi connectivity index (χ3v) is 4.98.